The molecule has 0 saturated heterocycles. The number of nitrogens with one attached hydrogen (secondary N) is 1. The third kappa shape index (κ3) is 7.54. The summed E-state index contributed by atoms with van der Waals surface area (Å²) < 4.78 is 6.72. The molecule has 0 spiro atoms. The van der Waals surface area contributed by atoms with Crippen LogP contribution < -0.4 is 11.1 Å². The van der Waals surface area contributed by atoms with Crippen molar-refractivity contribution in [3.63, 3.8) is 0 Å². The Morgan fingerprint density at radius 2 is 1.61 bits per heavy atom. The Balaban J connectivity index is 0.000000300. The van der Waals surface area contributed by atoms with Crippen LogP contribution in [0, 0.1) is 0 Å². The first-order chi connectivity index (χ1) is 13.2. The van der Waals surface area contributed by atoms with Crippen molar-refractivity contribution in [2.24, 2.45) is 5.73 Å². The number of ether oxygens (including phenoxy) is 1. The molecule has 1 amide bonds. The van der Waals surface area contributed by atoms with Crippen LogP contribution in [0.4, 0.5) is 15.2 Å². The second-order valence-electron chi connectivity index (χ2n) is 7.10. The van der Waals surface area contributed by atoms with Crippen molar-refractivity contribution in [3.05, 3.63) is 70.8 Å². The maximum atomic E-state index is 10.0. The van der Waals surface area contributed by atoms with Crippen LogP contribution in [-0.2, 0) is 4.74 Å². The van der Waals surface area contributed by atoms with Crippen LogP contribution in [0.15, 0.2) is 60.7 Å². The van der Waals surface area contributed by atoms with E-state index in [0.717, 1.165) is 10.4 Å². The van der Waals surface area contributed by atoms with E-state index >= 15 is 0 Å². The number of primary amides is 1. The molecule has 3 rings (SSSR count). The molecule has 0 aliphatic carbocycles. The normalized spacial score (nSPS) is 11.7. The first-order valence-corrected chi connectivity index (χ1v) is 10.6. The van der Waals surface area contributed by atoms with Crippen LogP contribution in [0.1, 0.15) is 43.7 Å². The molecule has 3 aromatic rings. The van der Waals surface area contributed by atoms with Crippen LogP contribution in [0.2, 0.25) is 0 Å². The number of carbonyl (C=O) groups excluding carboxylic acids is 1. The Morgan fingerprint density at radius 1 is 1.04 bits per heavy atom. The van der Waals surface area contributed by atoms with Gasteiger partial charge in [0, 0.05) is 0 Å². The van der Waals surface area contributed by atoms with Crippen LogP contribution in [0.3, 0.4) is 0 Å². The van der Waals surface area contributed by atoms with Crippen LogP contribution in [0.5, 0.6) is 0 Å². The van der Waals surface area contributed by atoms with E-state index in [-0.39, 0.29) is 14.5 Å². The number of benzene rings is 2. The third-order valence-corrected chi connectivity index (χ3v) is 5.69. The van der Waals surface area contributed by atoms with E-state index in [9.17, 15) is 4.79 Å². The zero-order chi connectivity index (χ0) is 20.6. The van der Waals surface area contributed by atoms with Gasteiger partial charge in [-0.25, -0.2) is 4.79 Å². The fraction of sp³-hybridized carbons (Fsp3) is 0.286. The number of nitrogens with zero attached hydrogens (tertiary/aromatic N) is 2. The molecule has 3 N–H and O–H groups in total. The van der Waals surface area contributed by atoms with Gasteiger partial charge in [0.2, 0.25) is 0 Å². The topological polar surface area (TPSA) is 90.1 Å². The van der Waals surface area contributed by atoms with Gasteiger partial charge in [-0.1, -0.05) is 0 Å². The third-order valence-electron chi connectivity index (χ3n) is 3.54. The summed E-state index contributed by atoms with van der Waals surface area (Å²) >= 11 is 0.172. The Kier molecular flexibility index (Phi) is 7.79. The first-order valence-electron chi connectivity index (χ1n) is 8.93. The molecule has 28 heavy (non-hydrogen) atoms. The molecule has 6 nitrogen and oxygen atoms in total. The van der Waals surface area contributed by atoms with Gasteiger partial charge in [-0.2, -0.15) is 0 Å². The summed E-state index contributed by atoms with van der Waals surface area (Å²) in [5.74, 6) is 0.329. The average molecular weight is 445 g/mol. The first kappa shape index (κ1) is 21.7. The Bertz CT molecular complexity index is 861. The van der Waals surface area contributed by atoms with Gasteiger partial charge in [0.25, 0.3) is 0 Å². The number of rotatable bonds is 4. The van der Waals surface area contributed by atoms with Gasteiger partial charge in [-0.05, 0) is 20.8 Å². The molecule has 0 radical (unpaired) electrons. The number of para-hydroxylation sites is 1. The summed E-state index contributed by atoms with van der Waals surface area (Å²) in [4.78, 5) is 10.0. The summed E-state index contributed by atoms with van der Waals surface area (Å²) in [6.45, 7) is 7.48. The molecule has 0 saturated carbocycles. The summed E-state index contributed by atoms with van der Waals surface area (Å²) in [5, 5.41) is 12.0. The van der Waals surface area contributed by atoms with Crippen molar-refractivity contribution in [3.8, 4) is 0 Å². The summed E-state index contributed by atoms with van der Waals surface area (Å²) in [6, 6.07) is 20.6. The van der Waals surface area contributed by atoms with Gasteiger partial charge in [0.1, 0.15) is 5.60 Å². The standard InChI is InChI=1S/C16H15N3Se.C5H11NO2/c1-12(13-8-4-2-5-9-13)15-18-19-16(20-15)17-14-10-6-3-7-11-14;1-5(2,3)8-4(6)7/h2-12H,1H3,(H,17,19);1-3H3,(H2,6,7). The SMILES string of the molecule is CC(C)(C)OC(N)=O.CC(c1ccccc1)c1nnc(Nc2ccccc2)[se]1. The van der Waals surface area contributed by atoms with Crippen molar-refractivity contribution < 1.29 is 9.53 Å². The van der Waals surface area contributed by atoms with Crippen molar-refractivity contribution >= 4 is 31.0 Å². The number of amides is 1. The maximum absolute atomic E-state index is 10.0. The Morgan fingerprint density at radius 3 is 2.11 bits per heavy atom. The van der Waals surface area contributed by atoms with Crippen molar-refractivity contribution in [2.75, 3.05) is 5.32 Å². The van der Waals surface area contributed by atoms with E-state index in [2.05, 4.69) is 51.4 Å². The number of carbonyl (C=O) groups is 1. The van der Waals surface area contributed by atoms with Gasteiger partial charge in [-0.15, -0.1) is 0 Å². The molecule has 0 bridgehead atoms. The summed E-state index contributed by atoms with van der Waals surface area (Å²) in [7, 11) is 0. The molecule has 1 aromatic heterocycles. The van der Waals surface area contributed by atoms with Crippen molar-refractivity contribution in [1.82, 2.24) is 10.2 Å². The molecule has 0 aliphatic heterocycles. The predicted molar refractivity (Wildman–Crippen MR) is 113 cm³/mol. The van der Waals surface area contributed by atoms with Crippen LogP contribution in [0.25, 0.3) is 0 Å². The van der Waals surface area contributed by atoms with E-state index in [1.807, 2.05) is 36.4 Å². The van der Waals surface area contributed by atoms with Gasteiger partial charge in [-0.3, -0.25) is 0 Å². The second-order valence-corrected chi connectivity index (χ2v) is 9.22. The van der Waals surface area contributed by atoms with E-state index in [1.165, 1.54) is 10.1 Å². The summed E-state index contributed by atoms with van der Waals surface area (Å²) in [5.41, 5.74) is 6.63. The second kappa shape index (κ2) is 10.1. The minimum absolute atomic E-state index is 0.172. The van der Waals surface area contributed by atoms with E-state index in [1.54, 1.807) is 20.8 Å². The van der Waals surface area contributed by atoms with E-state index in [0.29, 0.717) is 5.92 Å². The molecule has 1 atom stereocenters. The van der Waals surface area contributed by atoms with E-state index < -0.39 is 11.7 Å². The molecule has 0 fully saturated rings. The van der Waals surface area contributed by atoms with Gasteiger partial charge < -0.3 is 10.5 Å². The predicted octanol–water partition coefficient (Wildman–Crippen LogP) is 4.31. The Hall–Kier alpha value is -2.63. The molecule has 2 aromatic carbocycles. The Labute approximate surface area is 171 Å². The van der Waals surface area contributed by atoms with Crippen LogP contribution >= 0.6 is 0 Å². The number of aromatic nitrogens is 2. The molecule has 1 heterocycles. The monoisotopic (exact) mass is 446 g/mol. The minimum atomic E-state index is -0.725. The van der Waals surface area contributed by atoms with Crippen molar-refractivity contribution in [1.29, 1.82) is 0 Å². The fourth-order valence-electron chi connectivity index (χ4n) is 2.29. The average Bonchev–Trinajstić information content (AvgIpc) is 3.09. The number of hydrogen-bond donors (Lipinski definition) is 2. The molecule has 148 valence electrons. The molecular formula is C21H26N4O2Se. The van der Waals surface area contributed by atoms with Crippen molar-refractivity contribution in [2.45, 2.75) is 39.2 Å². The van der Waals surface area contributed by atoms with Gasteiger partial charge >= 0.3 is 130 Å². The van der Waals surface area contributed by atoms with E-state index in [4.69, 9.17) is 5.73 Å². The number of nitrogens with two attached hydrogens (primary N) is 1. The summed E-state index contributed by atoms with van der Waals surface area (Å²) in [6.07, 6.45) is -0.725. The quantitative estimate of drug-likeness (QED) is 0.584. The fourth-order valence-corrected chi connectivity index (χ4v) is 4.06. The molecule has 7 heteroatoms. The van der Waals surface area contributed by atoms with Crippen LogP contribution in [-0.4, -0.2) is 36.4 Å². The number of hydrogen-bond acceptors (Lipinski definition) is 5. The van der Waals surface area contributed by atoms with Gasteiger partial charge in [0.15, 0.2) is 0 Å². The zero-order valence-corrected chi connectivity index (χ0v) is 18.3. The molecule has 1 unspecified atom stereocenters. The molecule has 0 aliphatic rings. The molecular weight excluding hydrogens is 419 g/mol. The zero-order valence-electron chi connectivity index (χ0n) is 16.5. The number of anilines is 2. The van der Waals surface area contributed by atoms with Gasteiger partial charge in [0.05, 0.1) is 0 Å².